The van der Waals surface area contributed by atoms with Crippen LogP contribution in [0.5, 0.6) is 0 Å². The van der Waals surface area contributed by atoms with Gasteiger partial charge in [-0.25, -0.2) is 9.97 Å². The summed E-state index contributed by atoms with van der Waals surface area (Å²) in [5.74, 6) is 1.58. The maximum Gasteiger partial charge on any atom is 0.146 e. The summed E-state index contributed by atoms with van der Waals surface area (Å²) in [5, 5.41) is 6.36. The van der Waals surface area contributed by atoms with Crippen molar-refractivity contribution in [3.05, 3.63) is 46.2 Å². The van der Waals surface area contributed by atoms with Crippen molar-refractivity contribution in [1.82, 2.24) is 9.97 Å². The van der Waals surface area contributed by atoms with Crippen molar-refractivity contribution in [2.45, 2.75) is 19.9 Å². The first-order valence-corrected chi connectivity index (χ1v) is 7.04. The lowest BCUT2D eigenvalue weighted by Crippen LogP contribution is -2.06. The van der Waals surface area contributed by atoms with Crippen LogP contribution in [0.3, 0.4) is 0 Å². The van der Waals surface area contributed by atoms with Gasteiger partial charge in [-0.3, -0.25) is 0 Å². The standard InChI is InChI=1S/C14H17BrN4/c1-3-10-6-4-5-7-11(10)8-17-14-12(15)13(16-2)18-9-19-14/h4-7,9H,3,8H2,1-2H3,(H2,16,17,18,19). The molecular weight excluding hydrogens is 304 g/mol. The molecule has 0 saturated heterocycles. The molecular formula is C14H17BrN4. The van der Waals surface area contributed by atoms with Crippen LogP contribution in [0.25, 0.3) is 0 Å². The van der Waals surface area contributed by atoms with Crippen molar-refractivity contribution >= 4 is 27.6 Å². The van der Waals surface area contributed by atoms with Gasteiger partial charge in [0.1, 0.15) is 22.4 Å². The second-order valence-electron chi connectivity index (χ2n) is 4.11. The molecule has 0 aliphatic heterocycles. The smallest absolute Gasteiger partial charge is 0.146 e. The van der Waals surface area contributed by atoms with E-state index in [0.717, 1.165) is 29.1 Å². The average Bonchev–Trinajstić information content (AvgIpc) is 2.46. The Balaban J connectivity index is 2.15. The van der Waals surface area contributed by atoms with Gasteiger partial charge < -0.3 is 10.6 Å². The maximum atomic E-state index is 4.25. The lowest BCUT2D eigenvalue weighted by atomic mass is 10.1. The van der Waals surface area contributed by atoms with Crippen LogP contribution in [0.1, 0.15) is 18.1 Å². The summed E-state index contributed by atoms with van der Waals surface area (Å²) in [6.45, 7) is 2.92. The molecule has 0 atom stereocenters. The van der Waals surface area contributed by atoms with Gasteiger partial charge in [0.2, 0.25) is 0 Å². The van der Waals surface area contributed by atoms with E-state index in [1.54, 1.807) is 6.33 Å². The van der Waals surface area contributed by atoms with Crippen LogP contribution in [-0.4, -0.2) is 17.0 Å². The van der Waals surface area contributed by atoms with Gasteiger partial charge >= 0.3 is 0 Å². The number of rotatable bonds is 5. The normalized spacial score (nSPS) is 10.3. The van der Waals surface area contributed by atoms with E-state index in [2.05, 4.69) is 67.7 Å². The zero-order valence-corrected chi connectivity index (χ0v) is 12.7. The van der Waals surface area contributed by atoms with E-state index in [4.69, 9.17) is 0 Å². The summed E-state index contributed by atoms with van der Waals surface area (Å²) in [6, 6.07) is 8.43. The van der Waals surface area contributed by atoms with Crippen molar-refractivity contribution in [1.29, 1.82) is 0 Å². The second-order valence-corrected chi connectivity index (χ2v) is 4.90. The monoisotopic (exact) mass is 320 g/mol. The molecule has 1 heterocycles. The van der Waals surface area contributed by atoms with E-state index in [1.165, 1.54) is 11.1 Å². The zero-order chi connectivity index (χ0) is 13.7. The molecule has 1 aromatic carbocycles. The third kappa shape index (κ3) is 3.23. The molecule has 100 valence electrons. The summed E-state index contributed by atoms with van der Waals surface area (Å²) in [7, 11) is 1.84. The molecule has 0 saturated carbocycles. The minimum absolute atomic E-state index is 0.753. The molecule has 0 radical (unpaired) electrons. The Morgan fingerprint density at radius 2 is 1.79 bits per heavy atom. The number of halogens is 1. The summed E-state index contributed by atoms with van der Waals surface area (Å²) in [5.41, 5.74) is 2.65. The van der Waals surface area contributed by atoms with E-state index in [1.807, 2.05) is 7.05 Å². The number of aryl methyl sites for hydroxylation is 1. The van der Waals surface area contributed by atoms with Gasteiger partial charge in [-0.1, -0.05) is 31.2 Å². The van der Waals surface area contributed by atoms with Gasteiger partial charge in [-0.15, -0.1) is 0 Å². The van der Waals surface area contributed by atoms with Gasteiger partial charge in [0.05, 0.1) is 0 Å². The Hall–Kier alpha value is -1.62. The van der Waals surface area contributed by atoms with E-state index in [-0.39, 0.29) is 0 Å². The molecule has 0 bridgehead atoms. The molecule has 0 fully saturated rings. The SMILES string of the molecule is CCc1ccccc1CNc1ncnc(NC)c1Br. The number of nitrogens with zero attached hydrogens (tertiary/aromatic N) is 2. The first-order valence-electron chi connectivity index (χ1n) is 6.25. The molecule has 1 aromatic heterocycles. The molecule has 0 aliphatic rings. The van der Waals surface area contributed by atoms with E-state index in [9.17, 15) is 0 Å². The van der Waals surface area contributed by atoms with E-state index in [0.29, 0.717) is 0 Å². The number of aromatic nitrogens is 2. The van der Waals surface area contributed by atoms with Gasteiger partial charge in [0.15, 0.2) is 0 Å². The van der Waals surface area contributed by atoms with Gasteiger partial charge in [-0.2, -0.15) is 0 Å². The summed E-state index contributed by atoms with van der Waals surface area (Å²) in [4.78, 5) is 8.39. The summed E-state index contributed by atoms with van der Waals surface area (Å²) >= 11 is 3.50. The Morgan fingerprint density at radius 1 is 1.11 bits per heavy atom. The van der Waals surface area contributed by atoms with Crippen molar-refractivity contribution < 1.29 is 0 Å². The third-order valence-corrected chi connectivity index (χ3v) is 3.72. The number of benzene rings is 1. The largest absolute Gasteiger partial charge is 0.372 e. The fraction of sp³-hybridized carbons (Fsp3) is 0.286. The van der Waals surface area contributed by atoms with Gasteiger partial charge in [0, 0.05) is 13.6 Å². The number of hydrogen-bond donors (Lipinski definition) is 2. The first kappa shape index (κ1) is 13.8. The average molecular weight is 321 g/mol. The Morgan fingerprint density at radius 3 is 2.47 bits per heavy atom. The second kappa shape index (κ2) is 6.52. The van der Waals surface area contributed by atoms with Crippen LogP contribution in [0.15, 0.2) is 35.1 Å². The van der Waals surface area contributed by atoms with Crippen molar-refractivity contribution in [3.8, 4) is 0 Å². The van der Waals surface area contributed by atoms with Crippen LogP contribution in [0, 0.1) is 0 Å². The van der Waals surface area contributed by atoms with Crippen LogP contribution in [-0.2, 0) is 13.0 Å². The zero-order valence-electron chi connectivity index (χ0n) is 11.1. The van der Waals surface area contributed by atoms with Crippen LogP contribution in [0.2, 0.25) is 0 Å². The Bertz CT molecular complexity index is 557. The summed E-state index contributed by atoms with van der Waals surface area (Å²) in [6.07, 6.45) is 2.58. The first-order chi connectivity index (χ1) is 9.26. The van der Waals surface area contributed by atoms with E-state index < -0.39 is 0 Å². The molecule has 4 nitrogen and oxygen atoms in total. The highest BCUT2D eigenvalue weighted by Crippen LogP contribution is 2.26. The van der Waals surface area contributed by atoms with Crippen molar-refractivity contribution in [2.24, 2.45) is 0 Å². The topological polar surface area (TPSA) is 49.8 Å². The molecule has 0 amide bonds. The molecule has 2 aromatic rings. The maximum absolute atomic E-state index is 4.25. The number of nitrogens with one attached hydrogen (secondary N) is 2. The minimum Gasteiger partial charge on any atom is -0.372 e. The molecule has 19 heavy (non-hydrogen) atoms. The minimum atomic E-state index is 0.753. The van der Waals surface area contributed by atoms with Gasteiger partial charge in [0.25, 0.3) is 0 Å². The quantitative estimate of drug-likeness (QED) is 0.885. The Labute approximate surface area is 121 Å². The fourth-order valence-corrected chi connectivity index (χ4v) is 2.46. The lowest BCUT2D eigenvalue weighted by molar-refractivity contribution is 1.02. The highest BCUT2D eigenvalue weighted by molar-refractivity contribution is 9.10. The predicted molar refractivity (Wildman–Crippen MR) is 82.4 cm³/mol. The number of anilines is 2. The molecule has 0 aliphatic carbocycles. The predicted octanol–water partition coefficient (Wildman–Crippen LogP) is 3.46. The third-order valence-electron chi connectivity index (χ3n) is 2.97. The van der Waals surface area contributed by atoms with E-state index >= 15 is 0 Å². The Kier molecular flexibility index (Phi) is 4.74. The summed E-state index contributed by atoms with van der Waals surface area (Å²) < 4.78 is 0.853. The van der Waals surface area contributed by atoms with Crippen molar-refractivity contribution in [2.75, 3.05) is 17.7 Å². The molecule has 2 rings (SSSR count). The van der Waals surface area contributed by atoms with Crippen LogP contribution >= 0.6 is 15.9 Å². The van der Waals surface area contributed by atoms with Gasteiger partial charge in [-0.05, 0) is 33.5 Å². The lowest BCUT2D eigenvalue weighted by Gasteiger charge is -2.12. The highest BCUT2D eigenvalue weighted by Gasteiger charge is 2.07. The molecule has 0 unspecified atom stereocenters. The molecule has 0 spiro atoms. The fourth-order valence-electron chi connectivity index (χ4n) is 1.92. The molecule has 5 heteroatoms. The number of hydrogen-bond acceptors (Lipinski definition) is 4. The van der Waals surface area contributed by atoms with Crippen LogP contribution in [0.4, 0.5) is 11.6 Å². The van der Waals surface area contributed by atoms with Crippen molar-refractivity contribution in [3.63, 3.8) is 0 Å². The molecule has 2 N–H and O–H groups in total. The highest BCUT2D eigenvalue weighted by atomic mass is 79.9. The van der Waals surface area contributed by atoms with Crippen LogP contribution < -0.4 is 10.6 Å².